The van der Waals surface area contributed by atoms with Gasteiger partial charge in [0.15, 0.2) is 0 Å². The standard InChI is InChI=1S/C32H31BrClN3O4/c1-19-4-3-5-29(37-13-11-22(17-30(37)38)25-18-23(34)7-9-26(25)33)28-16-21(10-12-35-28)24-8-6-20(15-31(39)41-2)14-27(24)36-32(19)40/h6-10,12,14,16-19,29H,3-5,11,13,15H2,1-2H3,(H,36,40)/t19-,29+/m1/s1. The van der Waals surface area contributed by atoms with Crippen LogP contribution in [0.3, 0.4) is 0 Å². The second-order valence-corrected chi connectivity index (χ2v) is 11.8. The van der Waals surface area contributed by atoms with Crippen molar-refractivity contribution in [2.75, 3.05) is 19.0 Å². The molecule has 2 aliphatic rings. The smallest absolute Gasteiger partial charge is 0.309 e. The minimum Gasteiger partial charge on any atom is -0.469 e. The molecule has 2 aliphatic heterocycles. The number of benzene rings is 2. The molecule has 0 saturated heterocycles. The molecular weight excluding hydrogens is 606 g/mol. The molecule has 1 aromatic heterocycles. The average Bonchev–Trinajstić information content (AvgIpc) is 2.96. The predicted molar refractivity (Wildman–Crippen MR) is 163 cm³/mol. The van der Waals surface area contributed by atoms with Gasteiger partial charge in [0.2, 0.25) is 11.8 Å². The first kappa shape index (κ1) is 29.0. The van der Waals surface area contributed by atoms with Crippen molar-refractivity contribution in [2.45, 2.75) is 45.1 Å². The van der Waals surface area contributed by atoms with Crippen LogP contribution in [0, 0.1) is 5.92 Å². The largest absolute Gasteiger partial charge is 0.469 e. The van der Waals surface area contributed by atoms with Crippen molar-refractivity contribution in [2.24, 2.45) is 5.92 Å². The fourth-order valence-corrected chi connectivity index (χ4v) is 6.16. The summed E-state index contributed by atoms with van der Waals surface area (Å²) in [5.74, 6) is -0.733. The van der Waals surface area contributed by atoms with E-state index in [0.717, 1.165) is 44.4 Å². The highest BCUT2D eigenvalue weighted by molar-refractivity contribution is 9.10. The number of pyridine rings is 1. The molecule has 41 heavy (non-hydrogen) atoms. The van der Waals surface area contributed by atoms with Gasteiger partial charge in [-0.3, -0.25) is 19.4 Å². The Morgan fingerprint density at radius 3 is 2.73 bits per heavy atom. The van der Waals surface area contributed by atoms with E-state index in [4.69, 9.17) is 21.3 Å². The van der Waals surface area contributed by atoms with Crippen molar-refractivity contribution >= 4 is 56.6 Å². The van der Waals surface area contributed by atoms with E-state index >= 15 is 0 Å². The van der Waals surface area contributed by atoms with Gasteiger partial charge in [0, 0.05) is 45.5 Å². The first-order valence-corrected chi connectivity index (χ1v) is 14.8. The van der Waals surface area contributed by atoms with E-state index in [1.54, 1.807) is 12.3 Å². The summed E-state index contributed by atoms with van der Waals surface area (Å²) in [5.41, 5.74) is 5.74. The lowest BCUT2D eigenvalue weighted by Gasteiger charge is -2.34. The lowest BCUT2D eigenvalue weighted by molar-refractivity contribution is -0.139. The van der Waals surface area contributed by atoms with Gasteiger partial charge in [-0.15, -0.1) is 0 Å². The molecular formula is C32H31BrClN3O4. The molecule has 5 rings (SSSR count). The first-order valence-electron chi connectivity index (χ1n) is 13.7. The number of esters is 1. The zero-order chi connectivity index (χ0) is 29.1. The van der Waals surface area contributed by atoms with Gasteiger partial charge in [0.25, 0.3) is 0 Å². The molecule has 0 spiro atoms. The van der Waals surface area contributed by atoms with Gasteiger partial charge in [-0.25, -0.2) is 0 Å². The fraction of sp³-hybridized carbons (Fsp3) is 0.312. The van der Waals surface area contributed by atoms with E-state index in [0.29, 0.717) is 36.5 Å². The Morgan fingerprint density at radius 1 is 1.12 bits per heavy atom. The van der Waals surface area contributed by atoms with E-state index in [1.165, 1.54) is 7.11 Å². The molecule has 0 fully saturated rings. The van der Waals surface area contributed by atoms with E-state index in [9.17, 15) is 14.4 Å². The van der Waals surface area contributed by atoms with Gasteiger partial charge in [-0.05, 0) is 77.9 Å². The molecule has 9 heteroatoms. The van der Waals surface area contributed by atoms with Crippen LogP contribution in [0.4, 0.5) is 5.69 Å². The minimum atomic E-state index is -0.349. The number of halogens is 2. The third kappa shape index (κ3) is 6.54. The number of hydrogen-bond acceptors (Lipinski definition) is 5. The summed E-state index contributed by atoms with van der Waals surface area (Å²) < 4.78 is 5.72. The molecule has 3 heterocycles. The highest BCUT2D eigenvalue weighted by Crippen LogP contribution is 2.37. The number of amides is 2. The topological polar surface area (TPSA) is 88.6 Å². The molecule has 0 radical (unpaired) electrons. The van der Waals surface area contributed by atoms with Crippen molar-refractivity contribution in [3.05, 3.63) is 87.1 Å². The van der Waals surface area contributed by atoms with Crippen LogP contribution in [-0.4, -0.2) is 41.3 Å². The van der Waals surface area contributed by atoms with Crippen LogP contribution in [0.5, 0.6) is 0 Å². The maximum Gasteiger partial charge on any atom is 0.309 e. The maximum atomic E-state index is 13.6. The number of carbonyl (C=O) groups is 3. The summed E-state index contributed by atoms with van der Waals surface area (Å²) >= 11 is 9.83. The molecule has 2 amide bonds. The van der Waals surface area contributed by atoms with Crippen molar-refractivity contribution in [3.8, 4) is 11.1 Å². The molecule has 3 aromatic rings. The van der Waals surface area contributed by atoms with Crippen LogP contribution in [-0.2, 0) is 25.5 Å². The van der Waals surface area contributed by atoms with Gasteiger partial charge in [0.1, 0.15) is 0 Å². The Hall–Kier alpha value is -3.49. The van der Waals surface area contributed by atoms with Crippen LogP contribution in [0.1, 0.15) is 55.5 Å². The van der Waals surface area contributed by atoms with Gasteiger partial charge in [0.05, 0.1) is 25.3 Å². The molecule has 1 N–H and O–H groups in total. The Kier molecular flexibility index (Phi) is 8.90. The number of aromatic nitrogens is 1. The summed E-state index contributed by atoms with van der Waals surface area (Å²) in [4.78, 5) is 45.3. The monoisotopic (exact) mass is 635 g/mol. The van der Waals surface area contributed by atoms with Crippen molar-refractivity contribution in [1.29, 1.82) is 0 Å². The van der Waals surface area contributed by atoms with E-state index in [2.05, 4.69) is 21.2 Å². The number of nitrogens with one attached hydrogen (secondary N) is 1. The number of methoxy groups -OCH3 is 1. The average molecular weight is 637 g/mol. The second-order valence-electron chi connectivity index (χ2n) is 10.5. The Labute approximate surface area is 253 Å². The van der Waals surface area contributed by atoms with Crippen molar-refractivity contribution in [3.63, 3.8) is 0 Å². The van der Waals surface area contributed by atoms with E-state index in [-0.39, 0.29) is 36.2 Å². The second kappa shape index (κ2) is 12.6. The molecule has 2 bridgehead atoms. The summed E-state index contributed by atoms with van der Waals surface area (Å²) in [6.07, 6.45) is 6.35. The molecule has 2 aromatic carbocycles. The Balaban J connectivity index is 1.51. The van der Waals surface area contributed by atoms with Crippen LogP contribution < -0.4 is 5.32 Å². The fourth-order valence-electron chi connectivity index (χ4n) is 5.48. The third-order valence-electron chi connectivity index (χ3n) is 7.77. The van der Waals surface area contributed by atoms with Gasteiger partial charge in [-0.1, -0.05) is 53.0 Å². The number of hydrogen-bond donors (Lipinski definition) is 1. The molecule has 7 nitrogen and oxygen atoms in total. The predicted octanol–water partition coefficient (Wildman–Crippen LogP) is 7.00. The number of carbonyl (C=O) groups excluding carboxylic acids is 3. The Bertz CT molecular complexity index is 1540. The molecule has 2 atom stereocenters. The van der Waals surface area contributed by atoms with Crippen LogP contribution in [0.25, 0.3) is 16.7 Å². The minimum absolute atomic E-state index is 0.0685. The molecule has 0 saturated carbocycles. The SMILES string of the molecule is COC(=O)Cc1ccc2c(c1)NC(=O)[C@H](C)CCC[C@H](N1CCC(c3cc(Cl)ccc3Br)=CC1=O)c1cc-2ccn1. The van der Waals surface area contributed by atoms with E-state index < -0.39 is 0 Å². The van der Waals surface area contributed by atoms with Crippen LogP contribution in [0.2, 0.25) is 5.02 Å². The molecule has 212 valence electrons. The van der Waals surface area contributed by atoms with Gasteiger partial charge in [-0.2, -0.15) is 0 Å². The molecule has 0 unspecified atom stereocenters. The number of ether oxygens (including phenoxy) is 1. The third-order valence-corrected chi connectivity index (χ3v) is 8.69. The number of nitrogens with zero attached hydrogens (tertiary/aromatic N) is 2. The lowest BCUT2D eigenvalue weighted by Crippen LogP contribution is -2.38. The van der Waals surface area contributed by atoms with Crippen molar-refractivity contribution < 1.29 is 19.1 Å². The highest BCUT2D eigenvalue weighted by Gasteiger charge is 2.30. The highest BCUT2D eigenvalue weighted by atomic mass is 79.9. The van der Waals surface area contributed by atoms with Gasteiger partial charge < -0.3 is 15.0 Å². The summed E-state index contributed by atoms with van der Waals surface area (Å²) in [6, 6.07) is 14.8. The first-order chi connectivity index (χ1) is 19.7. The van der Waals surface area contributed by atoms with Crippen LogP contribution >= 0.6 is 27.5 Å². The zero-order valence-corrected chi connectivity index (χ0v) is 25.3. The van der Waals surface area contributed by atoms with Crippen molar-refractivity contribution in [1.82, 2.24) is 9.88 Å². The number of fused-ring (bicyclic) bond motifs is 4. The zero-order valence-electron chi connectivity index (χ0n) is 23.0. The number of anilines is 1. The van der Waals surface area contributed by atoms with Gasteiger partial charge >= 0.3 is 5.97 Å². The molecule has 0 aliphatic carbocycles. The quantitative estimate of drug-likeness (QED) is 0.312. The number of rotatable bonds is 4. The van der Waals surface area contributed by atoms with Crippen LogP contribution in [0.15, 0.2) is 65.3 Å². The summed E-state index contributed by atoms with van der Waals surface area (Å²) in [5, 5.41) is 3.70. The van der Waals surface area contributed by atoms with E-state index in [1.807, 2.05) is 60.4 Å². The summed E-state index contributed by atoms with van der Waals surface area (Å²) in [7, 11) is 1.36. The lowest BCUT2D eigenvalue weighted by atomic mass is 9.92. The maximum absolute atomic E-state index is 13.6. The normalized spacial score (nSPS) is 19.3. The summed E-state index contributed by atoms with van der Waals surface area (Å²) in [6.45, 7) is 2.46. The Morgan fingerprint density at radius 2 is 1.95 bits per heavy atom.